The van der Waals surface area contributed by atoms with Crippen LogP contribution in [0.2, 0.25) is 0 Å². The summed E-state index contributed by atoms with van der Waals surface area (Å²) in [5.74, 6) is 0.268. The highest BCUT2D eigenvalue weighted by Crippen LogP contribution is 2.38. The van der Waals surface area contributed by atoms with Gasteiger partial charge in [-0.2, -0.15) is 0 Å². The van der Waals surface area contributed by atoms with Crippen LogP contribution in [-0.4, -0.2) is 20.3 Å². The molecule has 4 N–H and O–H groups in total. The molecular formula is C12H9NO3. The Morgan fingerprint density at radius 2 is 1.62 bits per heavy atom. The SMILES string of the molecule is Oc1ccc2[nH]c3c(O)ccc(O)c3c2c1. The van der Waals surface area contributed by atoms with Crippen molar-refractivity contribution in [3.05, 3.63) is 30.3 Å². The summed E-state index contributed by atoms with van der Waals surface area (Å²) in [4.78, 5) is 2.99. The fourth-order valence-electron chi connectivity index (χ4n) is 1.96. The number of aromatic hydroxyl groups is 3. The summed E-state index contributed by atoms with van der Waals surface area (Å²) in [7, 11) is 0. The molecule has 0 atom stereocenters. The average molecular weight is 215 g/mol. The third kappa shape index (κ3) is 1.04. The van der Waals surface area contributed by atoms with Crippen molar-refractivity contribution in [2.45, 2.75) is 0 Å². The summed E-state index contributed by atoms with van der Waals surface area (Å²) in [5.41, 5.74) is 1.23. The van der Waals surface area contributed by atoms with Crippen molar-refractivity contribution in [2.24, 2.45) is 0 Å². The Morgan fingerprint density at radius 1 is 0.875 bits per heavy atom. The van der Waals surface area contributed by atoms with Crippen LogP contribution in [-0.2, 0) is 0 Å². The normalized spacial score (nSPS) is 11.2. The second-order valence-electron chi connectivity index (χ2n) is 3.71. The van der Waals surface area contributed by atoms with Gasteiger partial charge >= 0.3 is 0 Å². The summed E-state index contributed by atoms with van der Waals surface area (Å²) in [5, 5.41) is 30.0. The summed E-state index contributed by atoms with van der Waals surface area (Å²) >= 11 is 0. The number of H-pyrrole nitrogens is 1. The lowest BCUT2D eigenvalue weighted by Crippen LogP contribution is -1.71. The summed E-state index contributed by atoms with van der Waals surface area (Å²) in [6, 6.07) is 7.64. The van der Waals surface area contributed by atoms with Crippen LogP contribution in [0.4, 0.5) is 0 Å². The predicted octanol–water partition coefficient (Wildman–Crippen LogP) is 2.44. The lowest BCUT2D eigenvalue weighted by Gasteiger charge is -1.98. The van der Waals surface area contributed by atoms with E-state index in [0.717, 1.165) is 5.52 Å². The number of hydrogen-bond donors (Lipinski definition) is 4. The molecule has 4 heteroatoms. The molecule has 0 spiro atoms. The summed E-state index contributed by atoms with van der Waals surface area (Å²) in [6.45, 7) is 0. The highest BCUT2D eigenvalue weighted by atomic mass is 16.3. The second kappa shape index (κ2) is 2.82. The van der Waals surface area contributed by atoms with E-state index in [4.69, 9.17) is 0 Å². The minimum absolute atomic E-state index is 0.0727. The van der Waals surface area contributed by atoms with Crippen LogP contribution >= 0.6 is 0 Å². The molecule has 3 aromatic rings. The lowest BCUT2D eigenvalue weighted by atomic mass is 10.1. The van der Waals surface area contributed by atoms with E-state index in [1.54, 1.807) is 18.2 Å². The van der Waals surface area contributed by atoms with Gasteiger partial charge in [-0.15, -0.1) is 0 Å². The third-order valence-corrected chi connectivity index (χ3v) is 2.69. The minimum atomic E-state index is 0.0727. The first-order valence-electron chi connectivity index (χ1n) is 4.82. The van der Waals surface area contributed by atoms with Crippen molar-refractivity contribution in [1.29, 1.82) is 0 Å². The molecule has 0 saturated carbocycles. The molecular weight excluding hydrogens is 206 g/mol. The van der Waals surface area contributed by atoms with Crippen LogP contribution < -0.4 is 0 Å². The number of aromatic nitrogens is 1. The first-order chi connectivity index (χ1) is 7.66. The molecule has 2 aromatic carbocycles. The Labute approximate surface area is 90.4 Å². The molecule has 0 unspecified atom stereocenters. The standard InChI is InChI=1S/C12H9NO3/c14-6-1-2-8-7(5-6)11-9(15)3-4-10(16)12(11)13-8/h1-5,13-16H. The topological polar surface area (TPSA) is 76.5 Å². The third-order valence-electron chi connectivity index (χ3n) is 2.69. The van der Waals surface area contributed by atoms with Gasteiger partial charge in [-0.25, -0.2) is 0 Å². The number of benzene rings is 2. The molecule has 1 heterocycles. The van der Waals surface area contributed by atoms with Gasteiger partial charge in [0.1, 0.15) is 17.2 Å². The molecule has 0 bridgehead atoms. The van der Waals surface area contributed by atoms with Gasteiger partial charge in [-0.05, 0) is 30.3 Å². The van der Waals surface area contributed by atoms with Gasteiger partial charge in [-0.1, -0.05) is 0 Å². The van der Waals surface area contributed by atoms with Gasteiger partial charge in [0.15, 0.2) is 0 Å². The van der Waals surface area contributed by atoms with Gasteiger partial charge in [-0.3, -0.25) is 0 Å². The smallest absolute Gasteiger partial charge is 0.139 e. The molecule has 1 aromatic heterocycles. The highest BCUT2D eigenvalue weighted by molar-refractivity contribution is 6.12. The van der Waals surface area contributed by atoms with Gasteiger partial charge in [0.05, 0.1) is 10.9 Å². The van der Waals surface area contributed by atoms with Crippen molar-refractivity contribution in [2.75, 3.05) is 0 Å². The van der Waals surface area contributed by atoms with Crippen molar-refractivity contribution < 1.29 is 15.3 Å². The fraction of sp³-hybridized carbons (Fsp3) is 0. The molecule has 80 valence electrons. The first-order valence-corrected chi connectivity index (χ1v) is 4.82. The average Bonchev–Trinajstić information content (AvgIpc) is 2.63. The van der Waals surface area contributed by atoms with Gasteiger partial charge < -0.3 is 20.3 Å². The number of phenols is 3. The van der Waals surface area contributed by atoms with E-state index in [1.165, 1.54) is 12.1 Å². The predicted molar refractivity (Wildman–Crippen MR) is 60.8 cm³/mol. The Hall–Kier alpha value is -2.36. The van der Waals surface area contributed by atoms with Gasteiger partial charge in [0.2, 0.25) is 0 Å². The van der Waals surface area contributed by atoms with Crippen molar-refractivity contribution in [3.8, 4) is 17.2 Å². The zero-order chi connectivity index (χ0) is 11.3. The number of nitrogens with one attached hydrogen (secondary N) is 1. The second-order valence-corrected chi connectivity index (χ2v) is 3.71. The van der Waals surface area contributed by atoms with Gasteiger partial charge in [0, 0.05) is 10.9 Å². The fourth-order valence-corrected chi connectivity index (χ4v) is 1.96. The summed E-state index contributed by atoms with van der Waals surface area (Å²) < 4.78 is 0. The Morgan fingerprint density at radius 3 is 2.44 bits per heavy atom. The largest absolute Gasteiger partial charge is 0.508 e. The molecule has 0 amide bonds. The van der Waals surface area contributed by atoms with Crippen molar-refractivity contribution in [3.63, 3.8) is 0 Å². The Kier molecular flexibility index (Phi) is 1.57. The molecule has 4 nitrogen and oxygen atoms in total. The number of phenolic OH excluding ortho intramolecular Hbond substituents is 3. The van der Waals surface area contributed by atoms with E-state index in [9.17, 15) is 15.3 Å². The Bertz CT molecular complexity index is 700. The van der Waals surface area contributed by atoms with Crippen LogP contribution in [0.1, 0.15) is 0 Å². The van der Waals surface area contributed by atoms with E-state index in [2.05, 4.69) is 4.98 Å². The van der Waals surface area contributed by atoms with Crippen LogP contribution in [0.15, 0.2) is 30.3 Å². The van der Waals surface area contributed by atoms with E-state index < -0.39 is 0 Å². The number of rotatable bonds is 0. The molecule has 3 rings (SSSR count). The van der Waals surface area contributed by atoms with Crippen LogP contribution in [0.25, 0.3) is 21.8 Å². The number of hydrogen-bond acceptors (Lipinski definition) is 3. The van der Waals surface area contributed by atoms with Crippen molar-refractivity contribution >= 4 is 21.8 Å². The van der Waals surface area contributed by atoms with Crippen LogP contribution in [0.5, 0.6) is 17.2 Å². The number of aromatic amines is 1. The maximum Gasteiger partial charge on any atom is 0.139 e. The van der Waals surface area contributed by atoms with E-state index in [0.29, 0.717) is 16.3 Å². The Balaban J connectivity index is 2.62. The lowest BCUT2D eigenvalue weighted by molar-refractivity contribution is 0.469. The first kappa shape index (κ1) is 8.91. The zero-order valence-electron chi connectivity index (χ0n) is 8.23. The van der Waals surface area contributed by atoms with E-state index in [-0.39, 0.29) is 17.2 Å². The molecule has 0 saturated heterocycles. The van der Waals surface area contributed by atoms with Crippen molar-refractivity contribution in [1.82, 2.24) is 4.98 Å². The van der Waals surface area contributed by atoms with Crippen LogP contribution in [0.3, 0.4) is 0 Å². The van der Waals surface area contributed by atoms with Gasteiger partial charge in [0.25, 0.3) is 0 Å². The van der Waals surface area contributed by atoms with E-state index in [1.807, 2.05) is 0 Å². The zero-order valence-corrected chi connectivity index (χ0v) is 8.23. The number of fused-ring (bicyclic) bond motifs is 3. The highest BCUT2D eigenvalue weighted by Gasteiger charge is 2.11. The molecule has 0 aliphatic rings. The monoisotopic (exact) mass is 215 g/mol. The summed E-state index contributed by atoms with van der Waals surface area (Å²) in [6.07, 6.45) is 0. The minimum Gasteiger partial charge on any atom is -0.508 e. The maximum atomic E-state index is 9.76. The quantitative estimate of drug-likeness (QED) is 0.435. The molecule has 0 aliphatic carbocycles. The van der Waals surface area contributed by atoms with Crippen LogP contribution in [0, 0.1) is 0 Å². The molecule has 0 fully saturated rings. The molecule has 0 aliphatic heterocycles. The maximum absolute atomic E-state index is 9.76. The molecule has 16 heavy (non-hydrogen) atoms. The van der Waals surface area contributed by atoms with E-state index >= 15 is 0 Å². The molecule has 0 radical (unpaired) electrons.